The lowest BCUT2D eigenvalue weighted by molar-refractivity contribution is 0.327. The van der Waals surface area contributed by atoms with Crippen molar-refractivity contribution in [3.63, 3.8) is 0 Å². The fraction of sp³-hybridized carbons (Fsp3) is 0.200. The molecule has 74 valence electrons. The van der Waals surface area contributed by atoms with Gasteiger partial charge in [0.1, 0.15) is 0 Å². The van der Waals surface area contributed by atoms with Crippen molar-refractivity contribution >= 4 is 27.2 Å². The fourth-order valence-corrected chi connectivity index (χ4v) is 1.19. The minimum absolute atomic E-state index is 0.507. The van der Waals surface area contributed by atoms with Crippen LogP contribution in [0.4, 0.5) is 0 Å². The van der Waals surface area contributed by atoms with Gasteiger partial charge in [-0.25, -0.2) is 0 Å². The number of hydrogen-bond acceptors (Lipinski definition) is 3. The lowest BCUT2D eigenvalue weighted by Crippen LogP contribution is -2.07. The molecule has 0 aromatic heterocycles. The minimum Gasteiger partial charge on any atom is -0.476 e. The third-order valence-electron chi connectivity index (χ3n) is 1.60. The molecular formula is C10H13N2OP. The van der Waals surface area contributed by atoms with Crippen LogP contribution in [0.25, 0.3) is 0 Å². The van der Waals surface area contributed by atoms with Gasteiger partial charge in [0.2, 0.25) is 5.90 Å². The third kappa shape index (κ3) is 2.93. The Morgan fingerprint density at radius 1 is 1.43 bits per heavy atom. The zero-order valence-electron chi connectivity index (χ0n) is 8.10. The summed E-state index contributed by atoms with van der Waals surface area (Å²) in [6.45, 7) is 5.78. The van der Waals surface area contributed by atoms with Crippen LogP contribution in [-0.2, 0) is 4.74 Å². The Kier molecular flexibility index (Phi) is 4.27. The van der Waals surface area contributed by atoms with Crippen LogP contribution in [-0.4, -0.2) is 19.2 Å². The maximum atomic E-state index is 5.32. The summed E-state index contributed by atoms with van der Waals surface area (Å²) in [4.78, 5) is 0. The molecule has 0 amide bonds. The highest BCUT2D eigenvalue weighted by molar-refractivity contribution is 7.27. The monoisotopic (exact) mass is 208 g/mol. The normalized spacial score (nSPS) is 11.1. The molecule has 0 N–H and O–H groups in total. The summed E-state index contributed by atoms with van der Waals surface area (Å²) in [5.41, 5.74) is 0.908. The highest BCUT2D eigenvalue weighted by Gasteiger charge is 2.02. The molecule has 1 atom stereocenters. The van der Waals surface area contributed by atoms with E-state index in [0.29, 0.717) is 12.5 Å². The third-order valence-corrected chi connectivity index (χ3v) is 1.99. The molecule has 0 heterocycles. The maximum Gasteiger partial charge on any atom is 0.240 e. The van der Waals surface area contributed by atoms with Crippen molar-refractivity contribution in [2.24, 2.45) is 10.2 Å². The van der Waals surface area contributed by atoms with Crippen molar-refractivity contribution in [3.05, 3.63) is 29.8 Å². The zero-order valence-corrected chi connectivity index (χ0v) is 9.26. The van der Waals surface area contributed by atoms with Gasteiger partial charge in [0.25, 0.3) is 0 Å². The first kappa shape index (κ1) is 10.9. The van der Waals surface area contributed by atoms with E-state index in [2.05, 4.69) is 26.2 Å². The molecule has 0 aliphatic rings. The van der Waals surface area contributed by atoms with E-state index in [1.807, 2.05) is 31.2 Å². The van der Waals surface area contributed by atoms with Gasteiger partial charge in [0, 0.05) is 12.3 Å². The lowest BCUT2D eigenvalue weighted by atomic mass is 10.2. The van der Waals surface area contributed by atoms with E-state index in [4.69, 9.17) is 4.74 Å². The SMILES string of the molecule is C=N/N=C(\OCC)c1ccc(P)cc1. The van der Waals surface area contributed by atoms with Crippen LogP contribution in [0.5, 0.6) is 0 Å². The van der Waals surface area contributed by atoms with Crippen molar-refractivity contribution in [2.45, 2.75) is 6.92 Å². The van der Waals surface area contributed by atoms with Gasteiger partial charge >= 0.3 is 0 Å². The molecule has 0 radical (unpaired) electrons. The highest BCUT2D eigenvalue weighted by Crippen LogP contribution is 2.03. The summed E-state index contributed by atoms with van der Waals surface area (Å²) in [7, 11) is 2.62. The molecule has 0 aliphatic heterocycles. The Bertz CT molecular complexity index is 332. The number of nitrogens with zero attached hydrogens (tertiary/aromatic N) is 2. The first-order chi connectivity index (χ1) is 6.77. The van der Waals surface area contributed by atoms with Crippen molar-refractivity contribution in [1.29, 1.82) is 0 Å². The Morgan fingerprint density at radius 2 is 2.07 bits per heavy atom. The molecule has 0 saturated heterocycles. The molecule has 14 heavy (non-hydrogen) atoms. The highest BCUT2D eigenvalue weighted by atomic mass is 31.0. The molecule has 1 rings (SSSR count). The Morgan fingerprint density at radius 3 is 2.57 bits per heavy atom. The molecule has 3 nitrogen and oxygen atoms in total. The van der Waals surface area contributed by atoms with Gasteiger partial charge in [-0.3, -0.25) is 0 Å². The number of ether oxygens (including phenoxy) is 1. The van der Waals surface area contributed by atoms with Crippen LogP contribution in [0.3, 0.4) is 0 Å². The second-order valence-electron chi connectivity index (χ2n) is 2.60. The predicted molar refractivity (Wildman–Crippen MR) is 63.5 cm³/mol. The van der Waals surface area contributed by atoms with Gasteiger partial charge in [0.05, 0.1) is 6.61 Å². The van der Waals surface area contributed by atoms with Crippen molar-refractivity contribution < 1.29 is 4.74 Å². The van der Waals surface area contributed by atoms with Gasteiger partial charge < -0.3 is 4.74 Å². The van der Waals surface area contributed by atoms with Crippen LogP contribution in [0.15, 0.2) is 34.5 Å². The van der Waals surface area contributed by atoms with E-state index in [1.54, 1.807) is 0 Å². The molecule has 4 heteroatoms. The van der Waals surface area contributed by atoms with Crippen LogP contribution >= 0.6 is 9.24 Å². The first-order valence-corrected chi connectivity index (χ1v) is 4.88. The van der Waals surface area contributed by atoms with Crippen molar-refractivity contribution in [2.75, 3.05) is 6.61 Å². The van der Waals surface area contributed by atoms with Crippen LogP contribution in [0, 0.1) is 0 Å². The summed E-state index contributed by atoms with van der Waals surface area (Å²) in [6.07, 6.45) is 0. The lowest BCUT2D eigenvalue weighted by Gasteiger charge is -2.05. The molecule has 0 fully saturated rings. The maximum absolute atomic E-state index is 5.32. The topological polar surface area (TPSA) is 34.0 Å². The van der Waals surface area contributed by atoms with Gasteiger partial charge in [-0.05, 0) is 24.4 Å². The summed E-state index contributed by atoms with van der Waals surface area (Å²) in [5.74, 6) is 0.507. The molecule has 0 bridgehead atoms. The standard InChI is InChI=1S/C10H13N2OP/c1-3-13-10(12-11-2)8-4-6-9(14)7-5-8/h4-7H,2-3,14H2,1H3/b12-10-. The number of benzene rings is 1. The van der Waals surface area contributed by atoms with E-state index >= 15 is 0 Å². The fourth-order valence-electron chi connectivity index (χ4n) is 0.997. The largest absolute Gasteiger partial charge is 0.476 e. The summed E-state index contributed by atoms with van der Waals surface area (Å²) in [5, 5.41) is 8.40. The van der Waals surface area contributed by atoms with E-state index in [0.717, 1.165) is 10.9 Å². The van der Waals surface area contributed by atoms with Crippen LogP contribution in [0.1, 0.15) is 12.5 Å². The molecule has 1 aromatic carbocycles. The molecule has 1 aromatic rings. The van der Waals surface area contributed by atoms with Crippen LogP contribution in [0.2, 0.25) is 0 Å². The van der Waals surface area contributed by atoms with Crippen molar-refractivity contribution in [1.82, 2.24) is 0 Å². The second kappa shape index (κ2) is 5.51. The summed E-state index contributed by atoms with van der Waals surface area (Å²) < 4.78 is 5.32. The van der Waals surface area contributed by atoms with Gasteiger partial charge in [-0.15, -0.1) is 14.3 Å². The molecular weight excluding hydrogens is 195 g/mol. The zero-order chi connectivity index (χ0) is 10.4. The average Bonchev–Trinajstić information content (AvgIpc) is 2.19. The molecule has 0 saturated carbocycles. The summed E-state index contributed by atoms with van der Waals surface area (Å²) >= 11 is 0. The van der Waals surface area contributed by atoms with E-state index in [9.17, 15) is 0 Å². The van der Waals surface area contributed by atoms with Crippen LogP contribution < -0.4 is 5.30 Å². The molecule has 1 unspecified atom stereocenters. The van der Waals surface area contributed by atoms with Gasteiger partial charge in [0.15, 0.2) is 0 Å². The van der Waals surface area contributed by atoms with E-state index in [1.165, 1.54) is 0 Å². The Hall–Kier alpha value is -1.21. The van der Waals surface area contributed by atoms with E-state index in [-0.39, 0.29) is 0 Å². The quantitative estimate of drug-likeness (QED) is 0.321. The van der Waals surface area contributed by atoms with Gasteiger partial charge in [-0.2, -0.15) is 5.10 Å². The smallest absolute Gasteiger partial charge is 0.240 e. The molecule has 0 spiro atoms. The van der Waals surface area contributed by atoms with Crippen molar-refractivity contribution in [3.8, 4) is 0 Å². The minimum atomic E-state index is 0.507. The number of rotatable bonds is 3. The van der Waals surface area contributed by atoms with E-state index < -0.39 is 0 Å². The van der Waals surface area contributed by atoms with Gasteiger partial charge in [-0.1, -0.05) is 12.1 Å². The summed E-state index contributed by atoms with van der Waals surface area (Å²) in [6, 6.07) is 7.80. The number of hydrogen-bond donors (Lipinski definition) is 0. The Balaban J connectivity index is 2.93. The first-order valence-electron chi connectivity index (χ1n) is 4.30. The Labute approximate surface area is 86.1 Å². The molecule has 0 aliphatic carbocycles. The average molecular weight is 208 g/mol. The predicted octanol–water partition coefficient (Wildman–Crippen LogP) is 1.59. The second-order valence-corrected chi connectivity index (χ2v) is 3.27.